The predicted octanol–water partition coefficient (Wildman–Crippen LogP) is -0.875. The van der Waals surface area contributed by atoms with Crippen LogP contribution in [-0.4, -0.2) is 37.3 Å². The van der Waals surface area contributed by atoms with Crippen LogP contribution in [0, 0.1) is 5.92 Å². The lowest BCUT2D eigenvalue weighted by atomic mass is 10.0. The fourth-order valence-electron chi connectivity index (χ4n) is 1.27. The lowest BCUT2D eigenvalue weighted by Crippen LogP contribution is -2.26. The maximum Gasteiger partial charge on any atom is 0.220 e. The third-order valence-electron chi connectivity index (χ3n) is 2.03. The summed E-state index contributed by atoms with van der Waals surface area (Å²) in [6.07, 6.45) is 0.0669. The molecule has 3 N–H and O–H groups in total. The van der Waals surface area contributed by atoms with E-state index in [-0.39, 0.29) is 30.3 Å². The Morgan fingerprint density at radius 1 is 1.67 bits per heavy atom. The fraction of sp³-hybridized carbons (Fsp3) is 0.857. The molecule has 0 aromatic heterocycles. The molecule has 1 rings (SSSR count). The summed E-state index contributed by atoms with van der Waals surface area (Å²) in [4.78, 5) is 10.9. The van der Waals surface area contributed by atoms with Crippen LogP contribution in [0.1, 0.15) is 6.42 Å². The van der Waals surface area contributed by atoms with Crippen molar-refractivity contribution < 1.29 is 9.90 Å². The number of hydrogen-bond acceptors (Lipinski definition) is 3. The highest BCUT2D eigenvalue weighted by molar-refractivity contribution is 5.85. The number of amides is 1. The molecule has 0 radical (unpaired) electrons. The van der Waals surface area contributed by atoms with Crippen molar-refractivity contribution in [1.82, 2.24) is 10.6 Å². The molecule has 2 atom stereocenters. The quantitative estimate of drug-likeness (QED) is 0.536. The van der Waals surface area contributed by atoms with Crippen molar-refractivity contribution >= 4 is 18.3 Å². The topological polar surface area (TPSA) is 61.4 Å². The van der Waals surface area contributed by atoms with Crippen LogP contribution in [0.3, 0.4) is 0 Å². The number of carbonyl (C=O) groups excluding carboxylic acids is 1. The number of β-amino-alcohol motifs (C(OH)–C–C–N with tert-alkyl or cyclic N) is 1. The lowest BCUT2D eigenvalue weighted by Gasteiger charge is -2.10. The molecule has 0 bridgehead atoms. The Balaban J connectivity index is 0.00000121. The molecule has 0 aromatic rings. The highest BCUT2D eigenvalue weighted by Crippen LogP contribution is 2.12. The van der Waals surface area contributed by atoms with Gasteiger partial charge in [-0.15, -0.1) is 12.4 Å². The second-order valence-electron chi connectivity index (χ2n) is 2.86. The highest BCUT2D eigenvalue weighted by Gasteiger charge is 2.26. The van der Waals surface area contributed by atoms with Crippen LogP contribution < -0.4 is 10.6 Å². The second kappa shape index (κ2) is 5.35. The van der Waals surface area contributed by atoms with Crippen molar-refractivity contribution in [3.63, 3.8) is 0 Å². The van der Waals surface area contributed by atoms with Gasteiger partial charge in [-0.2, -0.15) is 0 Å². The van der Waals surface area contributed by atoms with E-state index in [0.717, 1.165) is 6.54 Å². The number of carbonyl (C=O) groups is 1. The van der Waals surface area contributed by atoms with Gasteiger partial charge in [0.1, 0.15) is 0 Å². The highest BCUT2D eigenvalue weighted by atomic mass is 35.5. The standard InChI is InChI=1S/C7H14N2O2.ClH/c1-8-7(11)2-5-3-9-4-6(5)10;/h5-6,9-10H,2-4H2,1H3,(H,8,11);1H/t5-,6-;/m1./s1. The third-order valence-corrected chi connectivity index (χ3v) is 2.03. The summed E-state index contributed by atoms with van der Waals surface area (Å²) in [5, 5.41) is 14.8. The van der Waals surface area contributed by atoms with Gasteiger partial charge in [-0.25, -0.2) is 0 Å². The molecule has 1 heterocycles. The van der Waals surface area contributed by atoms with Crippen LogP contribution in [-0.2, 0) is 4.79 Å². The Morgan fingerprint density at radius 3 is 2.75 bits per heavy atom. The first-order valence-electron chi connectivity index (χ1n) is 3.83. The number of nitrogens with one attached hydrogen (secondary N) is 2. The van der Waals surface area contributed by atoms with Gasteiger partial charge in [0.25, 0.3) is 0 Å². The molecule has 4 nitrogen and oxygen atoms in total. The molecule has 1 saturated heterocycles. The maximum atomic E-state index is 10.9. The van der Waals surface area contributed by atoms with Crippen molar-refractivity contribution in [3.8, 4) is 0 Å². The summed E-state index contributed by atoms with van der Waals surface area (Å²) >= 11 is 0. The summed E-state index contributed by atoms with van der Waals surface area (Å²) in [7, 11) is 1.61. The normalized spacial score (nSPS) is 27.8. The van der Waals surface area contributed by atoms with Gasteiger partial charge in [-0.05, 0) is 0 Å². The van der Waals surface area contributed by atoms with Gasteiger partial charge in [-0.1, -0.05) is 0 Å². The molecule has 1 fully saturated rings. The second-order valence-corrected chi connectivity index (χ2v) is 2.86. The van der Waals surface area contributed by atoms with Crippen molar-refractivity contribution in [3.05, 3.63) is 0 Å². The van der Waals surface area contributed by atoms with Gasteiger partial charge < -0.3 is 15.7 Å². The van der Waals surface area contributed by atoms with Gasteiger partial charge in [-0.3, -0.25) is 4.79 Å². The molecular weight excluding hydrogens is 180 g/mol. The minimum atomic E-state index is -0.354. The molecule has 0 aliphatic carbocycles. The minimum absolute atomic E-state index is 0. The molecule has 0 aromatic carbocycles. The summed E-state index contributed by atoms with van der Waals surface area (Å²) in [5.41, 5.74) is 0. The maximum absolute atomic E-state index is 10.9. The summed E-state index contributed by atoms with van der Waals surface area (Å²) in [6, 6.07) is 0. The Morgan fingerprint density at radius 2 is 2.33 bits per heavy atom. The molecule has 1 amide bonds. The predicted molar refractivity (Wildman–Crippen MR) is 48.3 cm³/mol. The largest absolute Gasteiger partial charge is 0.391 e. The molecule has 0 unspecified atom stereocenters. The van der Waals surface area contributed by atoms with Gasteiger partial charge in [0.2, 0.25) is 5.91 Å². The molecule has 0 saturated carbocycles. The van der Waals surface area contributed by atoms with E-state index in [1.807, 2.05) is 0 Å². The zero-order chi connectivity index (χ0) is 8.27. The Bertz CT molecular complexity index is 154. The molecule has 1 aliphatic rings. The van der Waals surface area contributed by atoms with Crippen LogP contribution in [0.15, 0.2) is 0 Å². The van der Waals surface area contributed by atoms with Gasteiger partial charge in [0.15, 0.2) is 0 Å². The van der Waals surface area contributed by atoms with Crippen molar-refractivity contribution in [2.75, 3.05) is 20.1 Å². The molecular formula is C7H15ClN2O2. The lowest BCUT2D eigenvalue weighted by molar-refractivity contribution is -0.122. The van der Waals surface area contributed by atoms with E-state index in [4.69, 9.17) is 0 Å². The smallest absolute Gasteiger partial charge is 0.220 e. The van der Waals surface area contributed by atoms with Crippen LogP contribution in [0.2, 0.25) is 0 Å². The Kier molecular flexibility index (Phi) is 5.20. The van der Waals surface area contributed by atoms with E-state index in [0.29, 0.717) is 13.0 Å². The number of hydrogen-bond donors (Lipinski definition) is 3. The van der Waals surface area contributed by atoms with Crippen molar-refractivity contribution in [2.24, 2.45) is 5.92 Å². The third kappa shape index (κ3) is 2.97. The average Bonchev–Trinajstić information content (AvgIpc) is 2.37. The zero-order valence-corrected chi connectivity index (χ0v) is 7.86. The molecule has 12 heavy (non-hydrogen) atoms. The molecule has 72 valence electrons. The van der Waals surface area contributed by atoms with Crippen LogP contribution in [0.5, 0.6) is 0 Å². The van der Waals surface area contributed by atoms with E-state index in [2.05, 4.69) is 10.6 Å². The van der Waals surface area contributed by atoms with Crippen molar-refractivity contribution in [2.45, 2.75) is 12.5 Å². The summed E-state index contributed by atoms with van der Waals surface area (Å²) < 4.78 is 0. The Hall–Kier alpha value is -0.320. The van der Waals surface area contributed by atoms with E-state index in [1.165, 1.54) is 0 Å². The number of aliphatic hydroxyl groups is 1. The van der Waals surface area contributed by atoms with Crippen LogP contribution in [0.25, 0.3) is 0 Å². The molecule has 0 spiro atoms. The first-order chi connectivity index (χ1) is 5.24. The summed E-state index contributed by atoms with van der Waals surface area (Å²) in [5.74, 6) is 0.0905. The van der Waals surface area contributed by atoms with E-state index in [1.54, 1.807) is 7.05 Å². The minimum Gasteiger partial charge on any atom is -0.391 e. The van der Waals surface area contributed by atoms with E-state index >= 15 is 0 Å². The number of aliphatic hydroxyl groups excluding tert-OH is 1. The van der Waals surface area contributed by atoms with Gasteiger partial charge in [0, 0.05) is 32.5 Å². The Labute approximate surface area is 78.1 Å². The van der Waals surface area contributed by atoms with E-state index < -0.39 is 0 Å². The van der Waals surface area contributed by atoms with Gasteiger partial charge >= 0.3 is 0 Å². The summed E-state index contributed by atoms with van der Waals surface area (Å²) in [6.45, 7) is 1.36. The first-order valence-corrected chi connectivity index (χ1v) is 3.83. The molecule has 5 heteroatoms. The van der Waals surface area contributed by atoms with Crippen LogP contribution in [0.4, 0.5) is 0 Å². The van der Waals surface area contributed by atoms with Crippen LogP contribution >= 0.6 is 12.4 Å². The fourth-order valence-corrected chi connectivity index (χ4v) is 1.27. The number of rotatable bonds is 2. The number of halogens is 1. The van der Waals surface area contributed by atoms with Gasteiger partial charge in [0.05, 0.1) is 6.10 Å². The average molecular weight is 195 g/mol. The SMILES string of the molecule is CNC(=O)C[C@@H]1CNC[C@H]1O.Cl. The first kappa shape index (κ1) is 11.7. The zero-order valence-electron chi connectivity index (χ0n) is 7.04. The monoisotopic (exact) mass is 194 g/mol. The van der Waals surface area contributed by atoms with Crippen molar-refractivity contribution in [1.29, 1.82) is 0 Å². The molecule has 1 aliphatic heterocycles. The van der Waals surface area contributed by atoms with E-state index in [9.17, 15) is 9.90 Å².